The van der Waals surface area contributed by atoms with Crippen LogP contribution in [0.4, 0.5) is 0 Å². The van der Waals surface area contributed by atoms with E-state index in [1.807, 2.05) is 6.92 Å². The lowest BCUT2D eigenvalue weighted by atomic mass is 9.88. The summed E-state index contributed by atoms with van der Waals surface area (Å²) < 4.78 is 0. The van der Waals surface area contributed by atoms with Crippen molar-refractivity contribution in [3.63, 3.8) is 0 Å². The van der Waals surface area contributed by atoms with E-state index in [2.05, 4.69) is 26.1 Å². The second-order valence-corrected chi connectivity index (χ2v) is 7.50. The van der Waals surface area contributed by atoms with E-state index in [1.165, 1.54) is 11.8 Å². The van der Waals surface area contributed by atoms with E-state index in [9.17, 15) is 9.59 Å². The van der Waals surface area contributed by atoms with Crippen molar-refractivity contribution in [2.24, 2.45) is 5.41 Å². The molecule has 0 saturated carbocycles. The van der Waals surface area contributed by atoms with Gasteiger partial charge in [-0.15, -0.1) is 11.8 Å². The van der Waals surface area contributed by atoms with Crippen molar-refractivity contribution < 1.29 is 9.59 Å². The Morgan fingerprint density at radius 2 is 1.76 bits per heavy atom. The van der Waals surface area contributed by atoms with Crippen LogP contribution in [0.1, 0.15) is 38.1 Å². The van der Waals surface area contributed by atoms with Gasteiger partial charge in [-0.1, -0.05) is 32.4 Å². The normalized spacial score (nSPS) is 12.8. The van der Waals surface area contributed by atoms with E-state index < -0.39 is 0 Å². The minimum absolute atomic E-state index is 0.00772. The maximum Gasteiger partial charge on any atom is 0.230 e. The highest BCUT2D eigenvalue weighted by molar-refractivity contribution is 8.00. The molecular formula is C16H22ClNO2S. The van der Waals surface area contributed by atoms with E-state index >= 15 is 0 Å². The standard InChI is InChI=1S/C16H22ClNO2S/c1-11(16(2,3)4)18-15(20)10-21-9-14(19)12-5-7-13(17)8-6-12/h5-8,11H,9-10H2,1-4H3,(H,18,20)/t11-/m0/s1. The van der Waals surface area contributed by atoms with Gasteiger partial charge in [-0.25, -0.2) is 0 Å². The molecule has 1 rings (SSSR count). The molecule has 0 aliphatic carbocycles. The Hall–Kier alpha value is -1.00. The Bertz CT molecular complexity index is 494. The molecule has 0 fully saturated rings. The summed E-state index contributed by atoms with van der Waals surface area (Å²) in [6.07, 6.45) is 0. The van der Waals surface area contributed by atoms with Gasteiger partial charge in [0.2, 0.25) is 5.91 Å². The lowest BCUT2D eigenvalue weighted by Gasteiger charge is -2.28. The first-order chi connectivity index (χ1) is 9.70. The molecule has 3 nitrogen and oxygen atoms in total. The molecule has 0 bridgehead atoms. The summed E-state index contributed by atoms with van der Waals surface area (Å²) in [5.74, 6) is 0.554. The monoisotopic (exact) mass is 327 g/mol. The van der Waals surface area contributed by atoms with E-state index in [-0.39, 0.29) is 23.1 Å². The Kier molecular flexibility index (Phi) is 6.75. The fourth-order valence-electron chi connectivity index (χ4n) is 1.46. The minimum Gasteiger partial charge on any atom is -0.352 e. The number of halogens is 1. The molecule has 0 radical (unpaired) electrons. The van der Waals surface area contributed by atoms with Gasteiger partial charge in [-0.05, 0) is 36.6 Å². The molecule has 5 heteroatoms. The Morgan fingerprint density at radius 1 is 1.19 bits per heavy atom. The zero-order chi connectivity index (χ0) is 16.0. The molecule has 0 aromatic heterocycles. The molecule has 0 aliphatic heterocycles. The van der Waals surface area contributed by atoms with Gasteiger partial charge < -0.3 is 5.32 Å². The van der Waals surface area contributed by atoms with Crippen molar-refractivity contribution >= 4 is 35.1 Å². The van der Waals surface area contributed by atoms with E-state index in [1.54, 1.807) is 24.3 Å². The van der Waals surface area contributed by atoms with Crippen LogP contribution < -0.4 is 5.32 Å². The highest BCUT2D eigenvalue weighted by atomic mass is 35.5. The summed E-state index contributed by atoms with van der Waals surface area (Å²) in [6.45, 7) is 8.22. The summed E-state index contributed by atoms with van der Waals surface area (Å²) in [4.78, 5) is 23.7. The second-order valence-electron chi connectivity index (χ2n) is 6.08. The third-order valence-electron chi connectivity index (χ3n) is 3.31. The molecule has 1 N–H and O–H groups in total. The number of amides is 1. The molecular weight excluding hydrogens is 306 g/mol. The van der Waals surface area contributed by atoms with Crippen molar-refractivity contribution in [1.82, 2.24) is 5.32 Å². The number of rotatable bonds is 6. The molecule has 21 heavy (non-hydrogen) atoms. The summed E-state index contributed by atoms with van der Waals surface area (Å²) in [7, 11) is 0. The second kappa shape index (κ2) is 7.85. The van der Waals surface area contributed by atoms with Gasteiger partial charge in [0.05, 0.1) is 11.5 Å². The van der Waals surface area contributed by atoms with Crippen LogP contribution in [0.25, 0.3) is 0 Å². The molecule has 0 saturated heterocycles. The van der Waals surface area contributed by atoms with Crippen LogP contribution in [0.3, 0.4) is 0 Å². The van der Waals surface area contributed by atoms with E-state index in [0.29, 0.717) is 22.1 Å². The molecule has 1 atom stereocenters. The van der Waals surface area contributed by atoms with Gasteiger partial charge in [0, 0.05) is 16.6 Å². The Labute approximate surface area is 135 Å². The van der Waals surface area contributed by atoms with Crippen molar-refractivity contribution in [1.29, 1.82) is 0 Å². The highest BCUT2D eigenvalue weighted by Crippen LogP contribution is 2.18. The number of nitrogens with one attached hydrogen (secondary N) is 1. The summed E-state index contributed by atoms with van der Waals surface area (Å²) in [5.41, 5.74) is 0.648. The first-order valence-electron chi connectivity index (χ1n) is 6.86. The number of carbonyl (C=O) groups excluding carboxylic acids is 2. The fourth-order valence-corrected chi connectivity index (χ4v) is 2.30. The van der Waals surface area contributed by atoms with Crippen LogP contribution in [0.5, 0.6) is 0 Å². The van der Waals surface area contributed by atoms with Crippen molar-refractivity contribution in [3.8, 4) is 0 Å². The molecule has 0 spiro atoms. The first-order valence-corrected chi connectivity index (χ1v) is 8.39. The smallest absolute Gasteiger partial charge is 0.230 e. The SMILES string of the molecule is C[C@H](NC(=O)CSCC(=O)c1ccc(Cl)cc1)C(C)(C)C. The Balaban J connectivity index is 2.35. The molecule has 116 valence electrons. The lowest BCUT2D eigenvalue weighted by Crippen LogP contribution is -2.42. The molecule has 0 unspecified atom stereocenters. The topological polar surface area (TPSA) is 46.2 Å². The third-order valence-corrected chi connectivity index (χ3v) is 4.49. The lowest BCUT2D eigenvalue weighted by molar-refractivity contribution is -0.119. The average Bonchev–Trinajstić information content (AvgIpc) is 2.38. The summed E-state index contributed by atoms with van der Waals surface area (Å²) in [5, 5.41) is 3.56. The van der Waals surface area contributed by atoms with Crippen molar-refractivity contribution in [2.75, 3.05) is 11.5 Å². The summed E-state index contributed by atoms with van der Waals surface area (Å²) in [6, 6.07) is 6.88. The molecule has 1 aromatic rings. The van der Waals surface area contributed by atoms with Crippen molar-refractivity contribution in [3.05, 3.63) is 34.9 Å². The zero-order valence-corrected chi connectivity index (χ0v) is 14.5. The maximum atomic E-state index is 11.9. The van der Waals surface area contributed by atoms with Gasteiger partial charge in [-0.3, -0.25) is 9.59 Å². The number of benzene rings is 1. The molecule has 0 aliphatic rings. The number of thioether (sulfide) groups is 1. The molecule has 1 aromatic carbocycles. The van der Waals surface area contributed by atoms with Gasteiger partial charge in [0.15, 0.2) is 5.78 Å². The van der Waals surface area contributed by atoms with Crippen LogP contribution >= 0.6 is 23.4 Å². The number of hydrogen-bond donors (Lipinski definition) is 1. The average molecular weight is 328 g/mol. The first kappa shape index (κ1) is 18.1. The van der Waals surface area contributed by atoms with E-state index in [0.717, 1.165) is 0 Å². The van der Waals surface area contributed by atoms with Gasteiger partial charge in [-0.2, -0.15) is 0 Å². The summed E-state index contributed by atoms with van der Waals surface area (Å²) >= 11 is 7.10. The number of ketones is 1. The van der Waals surface area contributed by atoms with E-state index in [4.69, 9.17) is 11.6 Å². The maximum absolute atomic E-state index is 11.9. The van der Waals surface area contributed by atoms with Gasteiger partial charge in [0.1, 0.15) is 0 Å². The van der Waals surface area contributed by atoms with Gasteiger partial charge >= 0.3 is 0 Å². The minimum atomic E-state index is -0.0358. The van der Waals surface area contributed by atoms with Crippen LogP contribution in [-0.4, -0.2) is 29.2 Å². The fraction of sp³-hybridized carbons (Fsp3) is 0.500. The predicted octanol–water partition coefficient (Wildman–Crippen LogP) is 3.81. The molecule has 0 heterocycles. The predicted molar refractivity (Wildman–Crippen MR) is 90.2 cm³/mol. The largest absolute Gasteiger partial charge is 0.352 e. The quantitative estimate of drug-likeness (QED) is 0.808. The van der Waals surface area contributed by atoms with Crippen LogP contribution in [0, 0.1) is 5.41 Å². The van der Waals surface area contributed by atoms with Gasteiger partial charge in [0.25, 0.3) is 0 Å². The Morgan fingerprint density at radius 3 is 2.29 bits per heavy atom. The number of hydrogen-bond acceptors (Lipinski definition) is 3. The third kappa shape index (κ3) is 6.53. The number of carbonyl (C=O) groups is 2. The molecule has 1 amide bonds. The highest BCUT2D eigenvalue weighted by Gasteiger charge is 2.21. The van der Waals surface area contributed by atoms with Crippen LogP contribution in [0.15, 0.2) is 24.3 Å². The number of Topliss-reactive ketones (excluding diaryl/α,β-unsaturated/α-hetero) is 1. The van der Waals surface area contributed by atoms with Crippen LogP contribution in [-0.2, 0) is 4.79 Å². The van der Waals surface area contributed by atoms with Crippen molar-refractivity contribution in [2.45, 2.75) is 33.7 Å². The van der Waals surface area contributed by atoms with Crippen LogP contribution in [0.2, 0.25) is 5.02 Å². The zero-order valence-electron chi connectivity index (χ0n) is 12.9.